The number of methoxy groups -OCH3 is 1. The van der Waals surface area contributed by atoms with Gasteiger partial charge in [0.2, 0.25) is 0 Å². The van der Waals surface area contributed by atoms with E-state index in [0.29, 0.717) is 0 Å². The molecule has 1 aromatic rings. The molecular formula is C10H8ClNO3. The summed E-state index contributed by atoms with van der Waals surface area (Å²) in [4.78, 5) is 11.4. The molecule has 0 saturated carbocycles. The molecule has 0 amide bonds. The number of ether oxygens (including phenoxy) is 1. The average Bonchev–Trinajstić information content (AvgIpc) is 2.27. The Balaban J connectivity index is 3.37. The minimum atomic E-state index is -0.383. The first kappa shape index (κ1) is 11.3. The van der Waals surface area contributed by atoms with Crippen molar-refractivity contribution in [2.45, 2.75) is 0 Å². The zero-order valence-corrected chi connectivity index (χ0v) is 8.71. The van der Waals surface area contributed by atoms with Crippen LogP contribution in [0, 0.1) is 11.3 Å². The van der Waals surface area contributed by atoms with E-state index in [2.05, 4.69) is 0 Å². The summed E-state index contributed by atoms with van der Waals surface area (Å²) in [6, 6.07) is 4.29. The molecule has 0 spiro atoms. The van der Waals surface area contributed by atoms with Gasteiger partial charge in [0, 0.05) is 11.6 Å². The number of hydrogen-bond acceptors (Lipinski definition) is 4. The van der Waals surface area contributed by atoms with Gasteiger partial charge in [-0.05, 0) is 6.07 Å². The number of Topliss-reactive ketones (excluding diaryl/α,β-unsaturated/α-hetero) is 1. The number of ketones is 1. The van der Waals surface area contributed by atoms with E-state index in [-0.39, 0.29) is 34.3 Å². The van der Waals surface area contributed by atoms with E-state index in [1.165, 1.54) is 19.2 Å². The zero-order chi connectivity index (χ0) is 11.4. The van der Waals surface area contributed by atoms with Gasteiger partial charge in [0.05, 0.1) is 18.6 Å². The van der Waals surface area contributed by atoms with Gasteiger partial charge in [-0.25, -0.2) is 0 Å². The van der Waals surface area contributed by atoms with Crippen LogP contribution in [-0.4, -0.2) is 23.9 Å². The van der Waals surface area contributed by atoms with Crippen LogP contribution >= 0.6 is 11.6 Å². The highest BCUT2D eigenvalue weighted by Crippen LogP contribution is 2.29. The van der Waals surface area contributed by atoms with Crippen molar-refractivity contribution < 1.29 is 14.6 Å². The Hall–Kier alpha value is -1.73. The summed E-state index contributed by atoms with van der Waals surface area (Å²) in [5, 5.41) is 18.1. The Morgan fingerprint density at radius 1 is 1.67 bits per heavy atom. The number of phenolic OH excluding ortho intramolecular Hbond substituents is 1. The van der Waals surface area contributed by atoms with E-state index in [0.717, 1.165) is 0 Å². The van der Waals surface area contributed by atoms with Crippen molar-refractivity contribution in [1.82, 2.24) is 0 Å². The average molecular weight is 226 g/mol. The second-order valence-corrected chi connectivity index (χ2v) is 3.01. The molecule has 0 heterocycles. The van der Waals surface area contributed by atoms with Crippen molar-refractivity contribution in [2.24, 2.45) is 0 Å². The van der Waals surface area contributed by atoms with Crippen molar-refractivity contribution in [1.29, 1.82) is 5.26 Å². The highest BCUT2D eigenvalue weighted by Gasteiger charge is 2.14. The fourth-order valence-electron chi connectivity index (χ4n) is 1.13. The molecule has 1 aromatic carbocycles. The molecular weight excluding hydrogens is 218 g/mol. The molecule has 5 heteroatoms. The van der Waals surface area contributed by atoms with Gasteiger partial charge in [-0.15, -0.1) is 11.6 Å². The first-order valence-corrected chi connectivity index (χ1v) is 4.57. The second-order valence-electron chi connectivity index (χ2n) is 2.74. The van der Waals surface area contributed by atoms with Crippen molar-refractivity contribution in [3.8, 4) is 17.6 Å². The van der Waals surface area contributed by atoms with E-state index < -0.39 is 0 Å². The van der Waals surface area contributed by atoms with Crippen molar-refractivity contribution >= 4 is 17.4 Å². The molecule has 1 rings (SSSR count). The Labute approximate surface area is 91.7 Å². The number of aromatic hydroxyl groups is 1. The number of alkyl halides is 1. The lowest BCUT2D eigenvalue weighted by Crippen LogP contribution is -2.04. The largest absolute Gasteiger partial charge is 0.504 e. The second kappa shape index (κ2) is 4.67. The van der Waals surface area contributed by atoms with Crippen LogP contribution in [0.2, 0.25) is 0 Å². The Morgan fingerprint density at radius 2 is 2.33 bits per heavy atom. The number of benzene rings is 1. The van der Waals surface area contributed by atoms with E-state index in [4.69, 9.17) is 21.6 Å². The summed E-state index contributed by atoms with van der Waals surface area (Å²) in [5.41, 5.74) is 0.237. The molecule has 0 saturated heterocycles. The molecule has 15 heavy (non-hydrogen) atoms. The third kappa shape index (κ3) is 2.20. The smallest absolute Gasteiger partial charge is 0.179 e. The van der Waals surface area contributed by atoms with Crippen LogP contribution in [0.15, 0.2) is 12.1 Å². The number of phenols is 1. The molecule has 0 aliphatic heterocycles. The lowest BCUT2D eigenvalue weighted by atomic mass is 10.0. The topological polar surface area (TPSA) is 70.3 Å². The summed E-state index contributed by atoms with van der Waals surface area (Å²) < 4.78 is 4.83. The number of carbonyl (C=O) groups is 1. The Morgan fingerprint density at radius 3 is 2.80 bits per heavy atom. The van der Waals surface area contributed by atoms with E-state index in [1.807, 2.05) is 6.07 Å². The van der Waals surface area contributed by atoms with E-state index in [1.54, 1.807) is 0 Å². The van der Waals surface area contributed by atoms with Crippen LogP contribution in [0.1, 0.15) is 15.9 Å². The van der Waals surface area contributed by atoms with Gasteiger partial charge in [0.15, 0.2) is 17.3 Å². The van der Waals surface area contributed by atoms with Gasteiger partial charge in [0.1, 0.15) is 6.07 Å². The highest BCUT2D eigenvalue weighted by atomic mass is 35.5. The quantitative estimate of drug-likeness (QED) is 0.628. The van der Waals surface area contributed by atoms with Gasteiger partial charge in [-0.3, -0.25) is 4.79 Å². The maximum atomic E-state index is 11.4. The van der Waals surface area contributed by atoms with Gasteiger partial charge in [-0.2, -0.15) is 5.26 Å². The van der Waals surface area contributed by atoms with Crippen LogP contribution < -0.4 is 4.74 Å². The third-order valence-electron chi connectivity index (χ3n) is 1.86. The fraction of sp³-hybridized carbons (Fsp3) is 0.200. The minimum absolute atomic E-state index is 0.0824. The first-order valence-electron chi connectivity index (χ1n) is 4.04. The number of nitrogens with zero attached hydrogens (tertiary/aromatic N) is 1. The highest BCUT2D eigenvalue weighted by molar-refractivity contribution is 6.30. The molecule has 0 unspecified atom stereocenters. The lowest BCUT2D eigenvalue weighted by Gasteiger charge is -2.06. The Kier molecular flexibility index (Phi) is 3.53. The predicted octanol–water partition coefficient (Wildman–Crippen LogP) is 1.69. The van der Waals surface area contributed by atoms with Gasteiger partial charge in [-0.1, -0.05) is 0 Å². The molecule has 0 bridgehead atoms. The molecule has 0 radical (unpaired) electrons. The first-order chi connectivity index (χ1) is 7.13. The Bertz CT molecular complexity index is 437. The molecule has 0 atom stereocenters. The van der Waals surface area contributed by atoms with Crippen LogP contribution in [0.25, 0.3) is 0 Å². The normalized spacial score (nSPS) is 9.40. The molecule has 0 fully saturated rings. The van der Waals surface area contributed by atoms with Crippen LogP contribution in [-0.2, 0) is 0 Å². The third-order valence-corrected chi connectivity index (χ3v) is 2.10. The summed E-state index contributed by atoms with van der Waals surface area (Å²) in [6.45, 7) is 0. The van der Waals surface area contributed by atoms with Crippen LogP contribution in [0.4, 0.5) is 0 Å². The van der Waals surface area contributed by atoms with E-state index >= 15 is 0 Å². The molecule has 0 aliphatic rings. The number of carbonyl (C=O) groups excluding carboxylic acids is 1. The fourth-order valence-corrected chi connectivity index (χ4v) is 1.27. The van der Waals surface area contributed by atoms with Gasteiger partial charge >= 0.3 is 0 Å². The van der Waals surface area contributed by atoms with Gasteiger partial charge in [0.25, 0.3) is 0 Å². The summed E-state index contributed by atoms with van der Waals surface area (Å²) >= 11 is 5.39. The summed E-state index contributed by atoms with van der Waals surface area (Å²) in [6.07, 6.45) is 0. The molecule has 0 aliphatic carbocycles. The number of halogens is 1. The summed E-state index contributed by atoms with van der Waals surface area (Å²) in [7, 11) is 1.36. The van der Waals surface area contributed by atoms with Crippen molar-refractivity contribution in [3.63, 3.8) is 0 Å². The molecule has 0 aromatic heterocycles. The number of rotatable bonds is 3. The number of nitriles is 1. The lowest BCUT2D eigenvalue weighted by molar-refractivity contribution is 0.102. The van der Waals surface area contributed by atoms with Crippen LogP contribution in [0.3, 0.4) is 0 Å². The summed E-state index contributed by atoms with van der Waals surface area (Å²) in [5.74, 6) is -0.642. The predicted molar refractivity (Wildman–Crippen MR) is 54.4 cm³/mol. The molecule has 1 N–H and O–H groups in total. The van der Waals surface area contributed by atoms with Gasteiger partial charge < -0.3 is 9.84 Å². The SMILES string of the molecule is COc1cc(C(=O)CCl)c(C#N)cc1O. The maximum Gasteiger partial charge on any atom is 0.179 e. The van der Waals surface area contributed by atoms with E-state index in [9.17, 15) is 9.90 Å². The molecule has 4 nitrogen and oxygen atoms in total. The maximum absolute atomic E-state index is 11.4. The molecule has 78 valence electrons. The monoisotopic (exact) mass is 225 g/mol. The van der Waals surface area contributed by atoms with Crippen molar-refractivity contribution in [3.05, 3.63) is 23.3 Å². The van der Waals surface area contributed by atoms with Crippen LogP contribution in [0.5, 0.6) is 11.5 Å². The minimum Gasteiger partial charge on any atom is -0.504 e. The van der Waals surface area contributed by atoms with Crippen molar-refractivity contribution in [2.75, 3.05) is 13.0 Å². The zero-order valence-electron chi connectivity index (χ0n) is 7.95. The number of hydrogen-bond donors (Lipinski definition) is 1. The standard InChI is InChI=1S/C10H8ClNO3/c1-15-10-3-7(9(14)4-11)6(5-12)2-8(10)13/h2-3,13H,4H2,1H3.